The number of fused-ring (bicyclic) bond motifs is 1. The summed E-state index contributed by atoms with van der Waals surface area (Å²) in [7, 11) is 0. The predicted molar refractivity (Wildman–Crippen MR) is 106 cm³/mol. The molecule has 0 N–H and O–H groups in total. The van der Waals surface area contributed by atoms with Crippen LogP contribution in [0.5, 0.6) is 11.5 Å². The molecule has 5 rings (SSSR count). The van der Waals surface area contributed by atoms with Crippen molar-refractivity contribution >= 4 is 5.91 Å². The number of ether oxygens (including phenoxy) is 2. The molecule has 0 bridgehead atoms. The highest BCUT2D eigenvalue weighted by atomic mass is 16.6. The summed E-state index contributed by atoms with van der Waals surface area (Å²) in [5.74, 6) is 1.61. The van der Waals surface area contributed by atoms with Gasteiger partial charge in [-0.3, -0.25) is 4.79 Å². The highest BCUT2D eigenvalue weighted by Crippen LogP contribution is 2.38. The van der Waals surface area contributed by atoms with E-state index in [2.05, 4.69) is 10.1 Å². The Morgan fingerprint density at radius 2 is 1.90 bits per heavy atom. The van der Waals surface area contributed by atoms with Gasteiger partial charge >= 0.3 is 0 Å². The highest BCUT2D eigenvalue weighted by Gasteiger charge is 2.31. The number of likely N-dealkylation sites (tertiary alicyclic amines) is 1. The average Bonchev–Trinajstić information content (AvgIpc) is 3.45. The number of rotatable bonds is 4. The lowest BCUT2D eigenvalue weighted by Gasteiger charge is -2.27. The predicted octanol–water partition coefficient (Wildman–Crippen LogP) is 3.07. The van der Waals surface area contributed by atoms with Crippen molar-refractivity contribution in [3.05, 3.63) is 71.8 Å². The lowest BCUT2D eigenvalue weighted by atomic mass is 10.0. The summed E-state index contributed by atoms with van der Waals surface area (Å²) >= 11 is 0. The fraction of sp³-hybridized carbons (Fsp3) is 0.318. The first-order chi connectivity index (χ1) is 14.3. The van der Waals surface area contributed by atoms with Crippen molar-refractivity contribution in [2.45, 2.75) is 25.4 Å². The Kier molecular flexibility index (Phi) is 4.63. The van der Waals surface area contributed by atoms with Gasteiger partial charge in [0, 0.05) is 12.1 Å². The maximum atomic E-state index is 13.2. The van der Waals surface area contributed by atoms with E-state index in [1.54, 1.807) is 11.0 Å². The van der Waals surface area contributed by atoms with E-state index in [1.165, 1.54) is 6.33 Å². The topological polar surface area (TPSA) is 69.5 Å². The van der Waals surface area contributed by atoms with Crippen LogP contribution in [0.2, 0.25) is 0 Å². The number of aromatic nitrogens is 3. The van der Waals surface area contributed by atoms with Crippen molar-refractivity contribution in [3.8, 4) is 11.5 Å². The molecule has 2 aromatic carbocycles. The molecule has 7 nitrogen and oxygen atoms in total. The molecule has 148 valence electrons. The van der Waals surface area contributed by atoms with Gasteiger partial charge in [-0.2, -0.15) is 5.10 Å². The van der Waals surface area contributed by atoms with Crippen LogP contribution in [0, 0.1) is 0 Å². The maximum absolute atomic E-state index is 13.2. The van der Waals surface area contributed by atoms with Gasteiger partial charge in [-0.1, -0.05) is 18.2 Å². The minimum absolute atomic E-state index is 0.0631. The molecule has 2 aliphatic rings. The van der Waals surface area contributed by atoms with Gasteiger partial charge in [0.25, 0.3) is 5.91 Å². The Hall–Kier alpha value is -3.35. The zero-order chi connectivity index (χ0) is 19.6. The smallest absolute Gasteiger partial charge is 0.254 e. The van der Waals surface area contributed by atoms with Crippen molar-refractivity contribution in [2.75, 3.05) is 19.8 Å². The lowest BCUT2D eigenvalue weighted by molar-refractivity contribution is 0.0735. The molecular formula is C22H22N4O3. The summed E-state index contributed by atoms with van der Waals surface area (Å²) in [4.78, 5) is 19.1. The van der Waals surface area contributed by atoms with Gasteiger partial charge in [-0.15, -0.1) is 0 Å². The molecule has 1 atom stereocenters. The molecule has 1 amide bonds. The Bertz CT molecular complexity index is 1000. The minimum Gasteiger partial charge on any atom is -0.486 e. The molecule has 0 aliphatic carbocycles. The molecule has 7 heteroatoms. The third kappa shape index (κ3) is 3.55. The Balaban J connectivity index is 1.33. The van der Waals surface area contributed by atoms with Crippen molar-refractivity contribution in [2.24, 2.45) is 0 Å². The summed E-state index contributed by atoms with van der Waals surface area (Å²) in [6, 6.07) is 13.8. The zero-order valence-electron chi connectivity index (χ0n) is 16.0. The van der Waals surface area contributed by atoms with E-state index in [0.29, 0.717) is 25.3 Å². The summed E-state index contributed by atoms with van der Waals surface area (Å²) in [6.07, 6.45) is 5.15. The number of hydrogen-bond acceptors (Lipinski definition) is 5. The number of amides is 1. The molecule has 0 spiro atoms. The van der Waals surface area contributed by atoms with Crippen molar-refractivity contribution < 1.29 is 14.3 Å². The van der Waals surface area contributed by atoms with Crippen LogP contribution in [0.3, 0.4) is 0 Å². The van der Waals surface area contributed by atoms with E-state index >= 15 is 0 Å². The van der Waals surface area contributed by atoms with Crippen LogP contribution < -0.4 is 9.47 Å². The van der Waals surface area contributed by atoms with Gasteiger partial charge in [0.1, 0.15) is 25.9 Å². The molecule has 3 aromatic rings. The van der Waals surface area contributed by atoms with Gasteiger partial charge in [0.05, 0.1) is 12.6 Å². The van der Waals surface area contributed by atoms with Crippen molar-refractivity contribution in [1.82, 2.24) is 19.7 Å². The second-order valence-corrected chi connectivity index (χ2v) is 7.35. The largest absolute Gasteiger partial charge is 0.486 e. The summed E-state index contributed by atoms with van der Waals surface area (Å²) in [6.45, 7) is 2.54. The van der Waals surface area contributed by atoms with E-state index in [1.807, 2.05) is 47.4 Å². The number of carbonyl (C=O) groups is 1. The summed E-state index contributed by atoms with van der Waals surface area (Å²) in [5, 5.41) is 4.12. The fourth-order valence-corrected chi connectivity index (χ4v) is 4.04. The standard InChI is InChI=1S/C22H22N4O3/c27-22(17-5-3-16(4-6-17)13-25-15-23-14-24-25)26-9-1-2-19(26)18-7-8-20-21(12-18)29-11-10-28-20/h3-8,12,14-15,19H,1-2,9-11,13H2/t19-/m1/s1. The fourth-order valence-electron chi connectivity index (χ4n) is 4.04. The molecule has 0 unspecified atom stereocenters. The Morgan fingerprint density at radius 1 is 1.07 bits per heavy atom. The molecule has 1 saturated heterocycles. The number of nitrogens with zero attached hydrogens (tertiary/aromatic N) is 4. The first kappa shape index (κ1) is 17.7. The summed E-state index contributed by atoms with van der Waals surface area (Å²) in [5.41, 5.74) is 2.89. The van der Waals surface area contributed by atoms with Crippen molar-refractivity contribution in [3.63, 3.8) is 0 Å². The van der Waals surface area contributed by atoms with Crippen LogP contribution in [0.4, 0.5) is 0 Å². The van der Waals surface area contributed by atoms with Crippen LogP contribution in [0.15, 0.2) is 55.1 Å². The second kappa shape index (κ2) is 7.58. The van der Waals surface area contributed by atoms with E-state index in [9.17, 15) is 4.79 Å². The maximum Gasteiger partial charge on any atom is 0.254 e. The van der Waals surface area contributed by atoms with Gasteiger partial charge in [0.2, 0.25) is 0 Å². The molecule has 0 saturated carbocycles. The van der Waals surface area contributed by atoms with Crippen LogP contribution >= 0.6 is 0 Å². The first-order valence-electron chi connectivity index (χ1n) is 9.90. The molecule has 1 aromatic heterocycles. The monoisotopic (exact) mass is 390 g/mol. The number of hydrogen-bond donors (Lipinski definition) is 0. The third-order valence-corrected chi connectivity index (χ3v) is 5.48. The minimum atomic E-state index is 0.0631. The molecule has 1 fully saturated rings. The average molecular weight is 390 g/mol. The number of carbonyl (C=O) groups excluding carboxylic acids is 1. The van der Waals surface area contributed by atoms with Gasteiger partial charge in [-0.05, 0) is 48.2 Å². The van der Waals surface area contributed by atoms with Gasteiger partial charge < -0.3 is 14.4 Å². The van der Waals surface area contributed by atoms with E-state index in [4.69, 9.17) is 9.47 Å². The molecule has 29 heavy (non-hydrogen) atoms. The third-order valence-electron chi connectivity index (χ3n) is 5.48. The van der Waals surface area contributed by atoms with E-state index < -0.39 is 0 Å². The van der Waals surface area contributed by atoms with Gasteiger partial charge in [-0.25, -0.2) is 9.67 Å². The normalized spacial score (nSPS) is 18.1. The SMILES string of the molecule is O=C(c1ccc(Cn2cncn2)cc1)N1CCC[C@@H]1c1ccc2c(c1)OCCO2. The zero-order valence-corrected chi connectivity index (χ0v) is 16.0. The van der Waals surface area contributed by atoms with Crippen molar-refractivity contribution in [1.29, 1.82) is 0 Å². The van der Waals surface area contributed by atoms with E-state index in [-0.39, 0.29) is 11.9 Å². The first-order valence-corrected chi connectivity index (χ1v) is 9.90. The number of benzene rings is 2. The van der Waals surface area contributed by atoms with Crippen LogP contribution in [0.1, 0.15) is 40.4 Å². The van der Waals surface area contributed by atoms with Gasteiger partial charge in [0.15, 0.2) is 11.5 Å². The molecule has 2 aliphatic heterocycles. The quantitative estimate of drug-likeness (QED) is 0.685. The molecule has 0 radical (unpaired) electrons. The molecule has 3 heterocycles. The van der Waals surface area contributed by atoms with Crippen LogP contribution in [0.25, 0.3) is 0 Å². The molecular weight excluding hydrogens is 368 g/mol. The lowest BCUT2D eigenvalue weighted by Crippen LogP contribution is -2.30. The summed E-state index contributed by atoms with van der Waals surface area (Å²) < 4.78 is 13.1. The second-order valence-electron chi connectivity index (χ2n) is 7.35. The Labute approximate surface area is 168 Å². The Morgan fingerprint density at radius 3 is 2.69 bits per heavy atom. The highest BCUT2D eigenvalue weighted by molar-refractivity contribution is 5.94. The van der Waals surface area contributed by atoms with Crippen LogP contribution in [-0.4, -0.2) is 45.3 Å². The van der Waals surface area contributed by atoms with Crippen LogP contribution in [-0.2, 0) is 6.54 Å². The van der Waals surface area contributed by atoms with E-state index in [0.717, 1.165) is 42.0 Å².